The van der Waals surface area contributed by atoms with Gasteiger partial charge in [-0.15, -0.1) is 0 Å². The number of hydrogen-bond acceptors (Lipinski definition) is 6. The average Bonchev–Trinajstić information content (AvgIpc) is 2.72. The number of hydrogen-bond donors (Lipinski definition) is 3. The fourth-order valence-electron chi connectivity index (χ4n) is 3.54. The van der Waals surface area contributed by atoms with Crippen molar-refractivity contribution in [3.63, 3.8) is 0 Å². The zero-order valence-corrected chi connectivity index (χ0v) is 15.9. The summed E-state index contributed by atoms with van der Waals surface area (Å²) in [6, 6.07) is 7.50. The Morgan fingerprint density at radius 1 is 1.00 bits per heavy atom. The number of rotatable bonds is 7. The number of aromatic nitrogens is 2. The molecule has 1 aliphatic rings. The predicted octanol–water partition coefficient (Wildman–Crippen LogP) is 2.81. The first-order valence-corrected chi connectivity index (χ1v) is 9.31. The Labute approximate surface area is 155 Å². The van der Waals surface area contributed by atoms with Gasteiger partial charge in [0.1, 0.15) is 5.75 Å². The molecule has 0 radical (unpaired) electrons. The first-order chi connectivity index (χ1) is 12.7. The van der Waals surface area contributed by atoms with Crippen molar-refractivity contribution in [3.8, 4) is 16.9 Å². The molecule has 0 amide bonds. The second-order valence-corrected chi connectivity index (χ2v) is 6.79. The summed E-state index contributed by atoms with van der Waals surface area (Å²) in [4.78, 5) is 8.61. The first kappa shape index (κ1) is 18.6. The highest BCUT2D eigenvalue weighted by Gasteiger charge is 2.19. The standard InChI is InChI=1S/C20H29N5O/c1-21-17-5-7-18(8-6-17)23-11-15-10-14(4-9-19(15)26-3)16-12-24-20(22-2)25-13-16/h4,9-10,12-13,17-18,21,23H,5-8,11H2,1-3H3,(H,22,24,25). The van der Waals surface area contributed by atoms with Crippen LogP contribution in [0.1, 0.15) is 31.2 Å². The minimum Gasteiger partial charge on any atom is -0.496 e. The van der Waals surface area contributed by atoms with E-state index in [0.29, 0.717) is 18.0 Å². The van der Waals surface area contributed by atoms with Crippen LogP contribution in [0.5, 0.6) is 5.75 Å². The molecule has 1 saturated carbocycles. The van der Waals surface area contributed by atoms with E-state index in [-0.39, 0.29) is 0 Å². The van der Waals surface area contributed by atoms with Gasteiger partial charge in [-0.2, -0.15) is 0 Å². The summed E-state index contributed by atoms with van der Waals surface area (Å²) in [5.74, 6) is 1.54. The lowest BCUT2D eigenvalue weighted by Gasteiger charge is -2.29. The number of anilines is 1. The van der Waals surface area contributed by atoms with Crippen molar-refractivity contribution in [1.29, 1.82) is 0 Å². The highest BCUT2D eigenvalue weighted by atomic mass is 16.5. The molecule has 0 atom stereocenters. The van der Waals surface area contributed by atoms with Crippen molar-refractivity contribution in [2.75, 3.05) is 26.5 Å². The van der Waals surface area contributed by atoms with Gasteiger partial charge < -0.3 is 20.7 Å². The molecule has 3 N–H and O–H groups in total. The predicted molar refractivity (Wildman–Crippen MR) is 106 cm³/mol. The molecule has 1 fully saturated rings. The van der Waals surface area contributed by atoms with Crippen LogP contribution in [-0.4, -0.2) is 43.3 Å². The zero-order chi connectivity index (χ0) is 18.4. The monoisotopic (exact) mass is 355 g/mol. The van der Waals surface area contributed by atoms with Crippen molar-refractivity contribution in [2.24, 2.45) is 0 Å². The first-order valence-electron chi connectivity index (χ1n) is 9.31. The second-order valence-electron chi connectivity index (χ2n) is 6.79. The molecule has 2 aromatic rings. The van der Waals surface area contributed by atoms with Crippen molar-refractivity contribution in [1.82, 2.24) is 20.6 Å². The number of methoxy groups -OCH3 is 1. The van der Waals surface area contributed by atoms with Gasteiger partial charge in [-0.05, 0) is 50.4 Å². The Hall–Kier alpha value is -2.18. The van der Waals surface area contributed by atoms with E-state index in [1.807, 2.05) is 25.5 Å². The SMILES string of the molecule is CNc1ncc(-c2ccc(OC)c(CNC3CCC(NC)CC3)c2)cn1. The summed E-state index contributed by atoms with van der Waals surface area (Å²) in [5.41, 5.74) is 3.27. The summed E-state index contributed by atoms with van der Waals surface area (Å²) >= 11 is 0. The maximum atomic E-state index is 5.56. The van der Waals surface area contributed by atoms with Crippen molar-refractivity contribution < 1.29 is 4.74 Å². The molecular formula is C20H29N5O. The van der Waals surface area contributed by atoms with Crippen LogP contribution >= 0.6 is 0 Å². The smallest absolute Gasteiger partial charge is 0.222 e. The summed E-state index contributed by atoms with van der Waals surface area (Å²) in [6.07, 6.45) is 8.59. The maximum Gasteiger partial charge on any atom is 0.222 e. The van der Waals surface area contributed by atoms with Crippen molar-refractivity contribution >= 4 is 5.95 Å². The van der Waals surface area contributed by atoms with Crippen LogP contribution in [0.25, 0.3) is 11.1 Å². The molecule has 6 nitrogen and oxygen atoms in total. The topological polar surface area (TPSA) is 71.1 Å². The van der Waals surface area contributed by atoms with Gasteiger partial charge in [0.15, 0.2) is 0 Å². The van der Waals surface area contributed by atoms with E-state index in [0.717, 1.165) is 23.4 Å². The largest absolute Gasteiger partial charge is 0.496 e. The van der Waals surface area contributed by atoms with Crippen LogP contribution in [0.3, 0.4) is 0 Å². The zero-order valence-electron chi connectivity index (χ0n) is 15.9. The number of nitrogens with zero attached hydrogens (tertiary/aromatic N) is 2. The molecule has 6 heteroatoms. The van der Waals surface area contributed by atoms with E-state index in [2.05, 4.69) is 45.1 Å². The molecule has 0 aliphatic heterocycles. The molecule has 1 aliphatic carbocycles. The lowest BCUT2D eigenvalue weighted by molar-refractivity contribution is 0.315. The van der Waals surface area contributed by atoms with E-state index in [1.54, 1.807) is 7.11 Å². The van der Waals surface area contributed by atoms with Gasteiger partial charge in [0, 0.05) is 49.2 Å². The van der Waals surface area contributed by atoms with Crippen LogP contribution in [0.2, 0.25) is 0 Å². The fraction of sp³-hybridized carbons (Fsp3) is 0.500. The lowest BCUT2D eigenvalue weighted by atomic mass is 9.91. The van der Waals surface area contributed by atoms with Crippen LogP contribution in [-0.2, 0) is 6.54 Å². The van der Waals surface area contributed by atoms with Gasteiger partial charge >= 0.3 is 0 Å². The number of ether oxygens (including phenoxy) is 1. The van der Waals surface area contributed by atoms with Crippen LogP contribution in [0.15, 0.2) is 30.6 Å². The van der Waals surface area contributed by atoms with Crippen molar-refractivity contribution in [3.05, 3.63) is 36.2 Å². The fourth-order valence-corrected chi connectivity index (χ4v) is 3.54. The quantitative estimate of drug-likeness (QED) is 0.709. The summed E-state index contributed by atoms with van der Waals surface area (Å²) < 4.78 is 5.56. The molecule has 3 rings (SSSR count). The molecule has 26 heavy (non-hydrogen) atoms. The second kappa shape index (κ2) is 8.96. The van der Waals surface area contributed by atoms with E-state index < -0.39 is 0 Å². The van der Waals surface area contributed by atoms with E-state index in [1.165, 1.54) is 31.2 Å². The Morgan fingerprint density at radius 3 is 2.31 bits per heavy atom. The molecule has 140 valence electrons. The van der Waals surface area contributed by atoms with Crippen LogP contribution in [0.4, 0.5) is 5.95 Å². The van der Waals surface area contributed by atoms with Gasteiger partial charge in [-0.3, -0.25) is 0 Å². The molecule has 1 aromatic carbocycles. The maximum absolute atomic E-state index is 5.56. The molecule has 0 spiro atoms. The van der Waals surface area contributed by atoms with Gasteiger partial charge in [-0.25, -0.2) is 9.97 Å². The van der Waals surface area contributed by atoms with Gasteiger partial charge in [0.2, 0.25) is 5.95 Å². The lowest BCUT2D eigenvalue weighted by Crippen LogP contribution is -2.38. The molecular weight excluding hydrogens is 326 g/mol. The third kappa shape index (κ3) is 4.51. The van der Waals surface area contributed by atoms with E-state index in [4.69, 9.17) is 4.74 Å². The highest BCUT2D eigenvalue weighted by Crippen LogP contribution is 2.27. The van der Waals surface area contributed by atoms with Crippen LogP contribution in [0, 0.1) is 0 Å². The number of nitrogens with one attached hydrogen (secondary N) is 3. The Bertz CT molecular complexity index is 696. The average molecular weight is 355 g/mol. The van der Waals surface area contributed by atoms with E-state index >= 15 is 0 Å². The molecule has 1 aromatic heterocycles. The molecule has 0 unspecified atom stereocenters. The highest BCUT2D eigenvalue weighted by molar-refractivity contribution is 5.64. The minimum absolute atomic E-state index is 0.575. The van der Waals surface area contributed by atoms with Crippen molar-refractivity contribution in [2.45, 2.75) is 44.3 Å². The Morgan fingerprint density at radius 2 is 1.69 bits per heavy atom. The Kier molecular flexibility index (Phi) is 6.41. The van der Waals surface area contributed by atoms with Gasteiger partial charge in [-0.1, -0.05) is 6.07 Å². The van der Waals surface area contributed by atoms with E-state index in [9.17, 15) is 0 Å². The van der Waals surface area contributed by atoms with Gasteiger partial charge in [0.25, 0.3) is 0 Å². The Balaban J connectivity index is 1.69. The molecule has 0 bridgehead atoms. The number of benzene rings is 1. The minimum atomic E-state index is 0.575. The third-order valence-electron chi connectivity index (χ3n) is 5.21. The third-order valence-corrected chi connectivity index (χ3v) is 5.21. The summed E-state index contributed by atoms with van der Waals surface area (Å²) in [7, 11) is 5.60. The van der Waals surface area contributed by atoms with Gasteiger partial charge in [0.05, 0.1) is 7.11 Å². The summed E-state index contributed by atoms with van der Waals surface area (Å²) in [6.45, 7) is 0.807. The molecule has 1 heterocycles. The normalized spacial score (nSPS) is 20.0. The summed E-state index contributed by atoms with van der Waals surface area (Å²) in [5, 5.41) is 10.0. The van der Waals surface area contributed by atoms with Crippen LogP contribution < -0.4 is 20.7 Å². The molecule has 0 saturated heterocycles.